The highest BCUT2D eigenvalue weighted by Crippen LogP contribution is 2.24. The van der Waals surface area contributed by atoms with Crippen LogP contribution in [0.5, 0.6) is 0 Å². The number of nitro benzene ring substituents is 1. The van der Waals surface area contributed by atoms with Gasteiger partial charge in [-0.15, -0.1) is 0 Å². The van der Waals surface area contributed by atoms with E-state index in [0.29, 0.717) is 24.3 Å². The van der Waals surface area contributed by atoms with E-state index < -0.39 is 4.92 Å². The SMILES string of the molecule is CCCN(C(=O)c1cc([N+](=O)[O-])ccc1NCC)C(C)C. The lowest BCUT2D eigenvalue weighted by Gasteiger charge is -2.27. The third kappa shape index (κ3) is 4.18. The van der Waals surface area contributed by atoms with Crippen molar-refractivity contribution in [3.63, 3.8) is 0 Å². The molecule has 21 heavy (non-hydrogen) atoms. The van der Waals surface area contributed by atoms with E-state index in [9.17, 15) is 14.9 Å². The first kappa shape index (κ1) is 16.9. The fourth-order valence-electron chi connectivity index (χ4n) is 2.16. The quantitative estimate of drug-likeness (QED) is 0.618. The molecule has 0 atom stereocenters. The van der Waals surface area contributed by atoms with Gasteiger partial charge in [-0.3, -0.25) is 14.9 Å². The molecule has 0 saturated carbocycles. The molecular weight excluding hydrogens is 270 g/mol. The minimum atomic E-state index is -0.480. The molecule has 0 aromatic heterocycles. The first-order chi connectivity index (χ1) is 9.92. The first-order valence-corrected chi connectivity index (χ1v) is 7.25. The molecule has 0 heterocycles. The van der Waals surface area contributed by atoms with Crippen LogP contribution in [0.15, 0.2) is 18.2 Å². The van der Waals surface area contributed by atoms with Gasteiger partial charge in [-0.1, -0.05) is 6.92 Å². The summed E-state index contributed by atoms with van der Waals surface area (Å²) in [5, 5.41) is 14.0. The van der Waals surface area contributed by atoms with E-state index in [2.05, 4.69) is 5.32 Å². The summed E-state index contributed by atoms with van der Waals surface area (Å²) >= 11 is 0. The molecule has 1 rings (SSSR count). The van der Waals surface area contributed by atoms with Gasteiger partial charge in [0.25, 0.3) is 11.6 Å². The maximum Gasteiger partial charge on any atom is 0.270 e. The molecule has 1 aromatic rings. The van der Waals surface area contributed by atoms with Crippen LogP contribution in [-0.2, 0) is 0 Å². The van der Waals surface area contributed by atoms with Crippen molar-refractivity contribution in [2.75, 3.05) is 18.4 Å². The number of carbonyl (C=O) groups excluding carboxylic acids is 1. The van der Waals surface area contributed by atoms with Crippen molar-refractivity contribution in [1.29, 1.82) is 0 Å². The second-order valence-corrected chi connectivity index (χ2v) is 5.11. The van der Waals surface area contributed by atoms with Crippen molar-refractivity contribution in [3.8, 4) is 0 Å². The van der Waals surface area contributed by atoms with E-state index >= 15 is 0 Å². The molecule has 0 aliphatic heterocycles. The molecule has 1 amide bonds. The normalized spacial score (nSPS) is 10.5. The van der Waals surface area contributed by atoms with Gasteiger partial charge in [0.2, 0.25) is 0 Å². The molecule has 0 aliphatic carbocycles. The number of rotatable bonds is 7. The number of amides is 1. The number of nitrogens with one attached hydrogen (secondary N) is 1. The second-order valence-electron chi connectivity index (χ2n) is 5.11. The Bertz CT molecular complexity index is 515. The van der Waals surface area contributed by atoms with Crippen LogP contribution in [0.4, 0.5) is 11.4 Å². The van der Waals surface area contributed by atoms with E-state index in [1.807, 2.05) is 27.7 Å². The topological polar surface area (TPSA) is 75.5 Å². The minimum Gasteiger partial charge on any atom is -0.385 e. The largest absolute Gasteiger partial charge is 0.385 e. The number of non-ortho nitro benzene ring substituents is 1. The van der Waals surface area contributed by atoms with Crippen molar-refractivity contribution in [1.82, 2.24) is 4.90 Å². The summed E-state index contributed by atoms with van der Waals surface area (Å²) in [5.41, 5.74) is 0.920. The van der Waals surface area contributed by atoms with Crippen molar-refractivity contribution in [3.05, 3.63) is 33.9 Å². The molecule has 1 N–H and O–H groups in total. The van der Waals surface area contributed by atoms with Gasteiger partial charge in [0.1, 0.15) is 0 Å². The highest BCUT2D eigenvalue weighted by Gasteiger charge is 2.23. The van der Waals surface area contributed by atoms with E-state index in [1.165, 1.54) is 12.1 Å². The molecule has 0 aliphatic rings. The highest BCUT2D eigenvalue weighted by molar-refractivity contribution is 6.00. The lowest BCUT2D eigenvalue weighted by atomic mass is 10.1. The van der Waals surface area contributed by atoms with E-state index in [4.69, 9.17) is 0 Å². The summed E-state index contributed by atoms with van der Waals surface area (Å²) < 4.78 is 0. The van der Waals surface area contributed by atoms with Crippen molar-refractivity contribution in [2.45, 2.75) is 40.2 Å². The van der Waals surface area contributed by atoms with Crippen molar-refractivity contribution < 1.29 is 9.72 Å². The van der Waals surface area contributed by atoms with Gasteiger partial charge in [0.15, 0.2) is 0 Å². The predicted octanol–water partition coefficient (Wildman–Crippen LogP) is 3.29. The average molecular weight is 293 g/mol. The monoisotopic (exact) mass is 293 g/mol. The molecule has 0 spiro atoms. The zero-order valence-electron chi connectivity index (χ0n) is 13.0. The number of nitrogens with zero attached hydrogens (tertiary/aromatic N) is 2. The van der Waals surface area contributed by atoms with E-state index in [-0.39, 0.29) is 17.6 Å². The number of hydrogen-bond acceptors (Lipinski definition) is 4. The summed E-state index contributed by atoms with van der Waals surface area (Å²) in [6.45, 7) is 9.08. The molecule has 6 nitrogen and oxygen atoms in total. The summed E-state index contributed by atoms with van der Waals surface area (Å²) in [6.07, 6.45) is 0.843. The Hall–Kier alpha value is -2.11. The molecule has 0 radical (unpaired) electrons. The van der Waals surface area contributed by atoms with Crippen LogP contribution < -0.4 is 5.32 Å². The molecule has 1 aromatic carbocycles. The third-order valence-electron chi connectivity index (χ3n) is 3.16. The van der Waals surface area contributed by atoms with Gasteiger partial charge in [-0.25, -0.2) is 0 Å². The Morgan fingerprint density at radius 2 is 2.05 bits per heavy atom. The van der Waals surface area contributed by atoms with Gasteiger partial charge in [0.05, 0.1) is 10.5 Å². The Balaban J connectivity index is 3.25. The zero-order chi connectivity index (χ0) is 16.0. The number of anilines is 1. The average Bonchev–Trinajstić information content (AvgIpc) is 2.44. The maximum atomic E-state index is 12.7. The van der Waals surface area contributed by atoms with Crippen LogP contribution >= 0.6 is 0 Å². The molecule has 0 fully saturated rings. The van der Waals surface area contributed by atoms with Crippen LogP contribution in [0.3, 0.4) is 0 Å². The number of benzene rings is 1. The van der Waals surface area contributed by atoms with Crippen molar-refractivity contribution in [2.24, 2.45) is 0 Å². The van der Waals surface area contributed by atoms with Crippen LogP contribution in [0.25, 0.3) is 0 Å². The lowest BCUT2D eigenvalue weighted by Crippen LogP contribution is -2.37. The molecular formula is C15H23N3O3. The number of hydrogen-bond donors (Lipinski definition) is 1. The Labute approximate surface area is 125 Å². The standard InChI is InChI=1S/C15H23N3O3/c1-5-9-17(11(3)4)15(19)13-10-12(18(20)21)7-8-14(13)16-6-2/h7-8,10-11,16H,5-6,9H2,1-4H3. The third-order valence-corrected chi connectivity index (χ3v) is 3.16. The Morgan fingerprint density at radius 3 is 2.52 bits per heavy atom. The molecule has 6 heteroatoms. The summed E-state index contributed by atoms with van der Waals surface area (Å²) in [6, 6.07) is 4.41. The van der Waals surface area contributed by atoms with E-state index in [0.717, 1.165) is 6.42 Å². The number of carbonyl (C=O) groups is 1. The molecule has 0 saturated heterocycles. The highest BCUT2D eigenvalue weighted by atomic mass is 16.6. The molecule has 116 valence electrons. The minimum absolute atomic E-state index is 0.0474. The van der Waals surface area contributed by atoms with E-state index in [1.54, 1.807) is 11.0 Å². The fourth-order valence-corrected chi connectivity index (χ4v) is 2.16. The van der Waals surface area contributed by atoms with Crippen molar-refractivity contribution >= 4 is 17.3 Å². The maximum absolute atomic E-state index is 12.7. The van der Waals surface area contributed by atoms with Gasteiger partial charge < -0.3 is 10.2 Å². The molecule has 0 unspecified atom stereocenters. The lowest BCUT2D eigenvalue weighted by molar-refractivity contribution is -0.384. The summed E-state index contributed by atoms with van der Waals surface area (Å²) in [7, 11) is 0. The summed E-state index contributed by atoms with van der Waals surface area (Å²) in [5.74, 6) is -0.175. The van der Waals surface area contributed by atoms with Gasteiger partial charge in [-0.2, -0.15) is 0 Å². The van der Waals surface area contributed by atoms with Crippen LogP contribution in [0.2, 0.25) is 0 Å². The summed E-state index contributed by atoms with van der Waals surface area (Å²) in [4.78, 5) is 24.9. The smallest absolute Gasteiger partial charge is 0.270 e. The predicted molar refractivity (Wildman–Crippen MR) is 83.7 cm³/mol. The van der Waals surface area contributed by atoms with Crippen LogP contribution in [0, 0.1) is 10.1 Å². The Kier molecular flexibility index (Phi) is 6.14. The number of nitro groups is 1. The first-order valence-electron chi connectivity index (χ1n) is 7.25. The second kappa shape index (κ2) is 7.61. The fraction of sp³-hybridized carbons (Fsp3) is 0.533. The van der Waals surface area contributed by atoms with Crippen LogP contribution in [0.1, 0.15) is 44.5 Å². The van der Waals surface area contributed by atoms with Gasteiger partial charge in [-0.05, 0) is 33.3 Å². The van der Waals surface area contributed by atoms with Gasteiger partial charge >= 0.3 is 0 Å². The van der Waals surface area contributed by atoms with Crippen LogP contribution in [-0.4, -0.2) is 34.9 Å². The van der Waals surface area contributed by atoms with Gasteiger partial charge in [0, 0.05) is 37.0 Å². The zero-order valence-corrected chi connectivity index (χ0v) is 13.0. The molecule has 0 bridgehead atoms. The Morgan fingerprint density at radius 1 is 1.38 bits per heavy atom.